The van der Waals surface area contributed by atoms with Crippen molar-refractivity contribution in [3.05, 3.63) is 47.2 Å². The summed E-state index contributed by atoms with van der Waals surface area (Å²) in [6.07, 6.45) is 2.96. The van der Waals surface area contributed by atoms with Crippen molar-refractivity contribution in [1.29, 1.82) is 0 Å². The van der Waals surface area contributed by atoms with Gasteiger partial charge in [-0.25, -0.2) is 0 Å². The molecule has 3 saturated heterocycles. The van der Waals surface area contributed by atoms with E-state index in [0.717, 1.165) is 27.7 Å². The molecule has 5 atom stereocenters. The van der Waals surface area contributed by atoms with Crippen LogP contribution in [0.3, 0.4) is 0 Å². The van der Waals surface area contributed by atoms with Crippen LogP contribution in [0, 0.1) is 11.3 Å². The number of methoxy groups -OCH3 is 1. The van der Waals surface area contributed by atoms with Gasteiger partial charge in [-0.15, -0.1) is 0 Å². The molecule has 0 spiro atoms. The molecule has 5 heterocycles. The highest BCUT2D eigenvalue weighted by atomic mass is 16.5. The first-order chi connectivity index (χ1) is 13.0. The zero-order chi connectivity index (χ0) is 19.0. The van der Waals surface area contributed by atoms with Crippen LogP contribution in [0.4, 0.5) is 0 Å². The maximum Gasteiger partial charge on any atom is 0.316 e. The molecule has 6 heteroatoms. The smallest absolute Gasteiger partial charge is 0.316 e. The summed E-state index contributed by atoms with van der Waals surface area (Å²) < 4.78 is 5.17. The number of aliphatic hydroxyl groups excluding tert-OH is 1. The fraction of sp³-hybridized carbons (Fsp3) is 0.476. The van der Waals surface area contributed by atoms with Crippen LogP contribution in [-0.2, 0) is 21.7 Å². The zero-order valence-electron chi connectivity index (χ0n) is 15.5. The van der Waals surface area contributed by atoms with Crippen molar-refractivity contribution in [2.75, 3.05) is 20.3 Å². The topological polar surface area (TPSA) is 85.8 Å². The van der Waals surface area contributed by atoms with Gasteiger partial charge in [-0.3, -0.25) is 9.69 Å². The SMILES string of the molecule is C/C=C1/CN2[C@H]3Cc4c([nH]c5ccccc45)[C@]2(O)C[C@H]1[C@]3(CO)C(=O)OC. The fourth-order valence-electron chi connectivity index (χ4n) is 5.89. The van der Waals surface area contributed by atoms with E-state index in [4.69, 9.17) is 4.74 Å². The van der Waals surface area contributed by atoms with E-state index in [-0.39, 0.29) is 18.6 Å². The van der Waals surface area contributed by atoms with Gasteiger partial charge in [0.05, 0.1) is 19.4 Å². The van der Waals surface area contributed by atoms with Gasteiger partial charge in [-0.2, -0.15) is 0 Å². The van der Waals surface area contributed by atoms with Crippen LogP contribution in [0.2, 0.25) is 0 Å². The minimum Gasteiger partial charge on any atom is -0.468 e. The van der Waals surface area contributed by atoms with Gasteiger partial charge in [0.1, 0.15) is 5.41 Å². The second-order valence-corrected chi connectivity index (χ2v) is 8.00. The molecule has 6 nitrogen and oxygen atoms in total. The van der Waals surface area contributed by atoms with Crippen molar-refractivity contribution in [2.24, 2.45) is 11.3 Å². The Hall–Kier alpha value is -2.15. The van der Waals surface area contributed by atoms with E-state index in [1.165, 1.54) is 7.11 Å². The molecule has 3 fully saturated rings. The van der Waals surface area contributed by atoms with E-state index in [2.05, 4.69) is 4.98 Å². The van der Waals surface area contributed by atoms with Gasteiger partial charge in [-0.1, -0.05) is 29.8 Å². The van der Waals surface area contributed by atoms with Crippen molar-refractivity contribution in [1.82, 2.24) is 9.88 Å². The number of benzene rings is 1. The van der Waals surface area contributed by atoms with Gasteiger partial charge in [-0.05, 0) is 25.0 Å². The number of ether oxygens (including phenoxy) is 1. The van der Waals surface area contributed by atoms with Crippen LogP contribution >= 0.6 is 0 Å². The molecule has 4 aliphatic heterocycles. The summed E-state index contributed by atoms with van der Waals surface area (Å²) in [5.74, 6) is -0.645. The Morgan fingerprint density at radius 3 is 2.93 bits per heavy atom. The Bertz CT molecular complexity index is 980. The lowest BCUT2D eigenvalue weighted by atomic mass is 9.54. The third-order valence-corrected chi connectivity index (χ3v) is 7.17. The minimum atomic E-state index is -1.17. The van der Waals surface area contributed by atoms with Gasteiger partial charge in [0, 0.05) is 35.8 Å². The molecule has 1 aromatic heterocycles. The van der Waals surface area contributed by atoms with Crippen molar-refractivity contribution in [3.8, 4) is 0 Å². The molecule has 0 amide bonds. The number of aromatic amines is 1. The normalized spacial score (nSPS) is 38.2. The van der Waals surface area contributed by atoms with Crippen molar-refractivity contribution in [3.63, 3.8) is 0 Å². The first kappa shape index (κ1) is 17.0. The van der Waals surface area contributed by atoms with E-state index in [0.29, 0.717) is 19.4 Å². The number of H-pyrrole nitrogens is 1. The average Bonchev–Trinajstić information content (AvgIpc) is 3.07. The highest BCUT2D eigenvalue weighted by Crippen LogP contribution is 2.61. The van der Waals surface area contributed by atoms with Gasteiger partial charge < -0.3 is 19.9 Å². The molecule has 6 rings (SSSR count). The lowest BCUT2D eigenvalue weighted by Gasteiger charge is -2.65. The number of nitrogens with zero attached hydrogens (tertiary/aromatic N) is 1. The number of nitrogens with one attached hydrogen (secondary N) is 1. The number of rotatable bonds is 2. The Balaban J connectivity index is 1.78. The van der Waals surface area contributed by atoms with Gasteiger partial charge in [0.25, 0.3) is 0 Å². The Labute approximate surface area is 157 Å². The van der Waals surface area contributed by atoms with Crippen LogP contribution in [0.15, 0.2) is 35.9 Å². The highest BCUT2D eigenvalue weighted by Gasteiger charge is 2.69. The molecule has 0 aliphatic carbocycles. The number of allylic oxidation sites excluding steroid dienone is 1. The number of hydrogen-bond donors (Lipinski definition) is 3. The molecule has 1 aromatic carbocycles. The number of carbonyl (C=O) groups is 1. The lowest BCUT2D eigenvalue weighted by Crippen LogP contribution is -2.75. The second kappa shape index (κ2) is 5.44. The van der Waals surface area contributed by atoms with E-state index < -0.39 is 17.1 Å². The van der Waals surface area contributed by atoms with Crippen LogP contribution in [0.5, 0.6) is 0 Å². The molecule has 0 saturated carbocycles. The summed E-state index contributed by atoms with van der Waals surface area (Å²) >= 11 is 0. The Morgan fingerprint density at radius 1 is 1.44 bits per heavy atom. The largest absolute Gasteiger partial charge is 0.468 e. The van der Waals surface area contributed by atoms with E-state index in [9.17, 15) is 15.0 Å². The molecule has 27 heavy (non-hydrogen) atoms. The lowest BCUT2D eigenvalue weighted by molar-refractivity contribution is -0.252. The maximum atomic E-state index is 13.0. The Morgan fingerprint density at radius 2 is 2.22 bits per heavy atom. The monoisotopic (exact) mass is 368 g/mol. The first-order valence-electron chi connectivity index (χ1n) is 9.44. The molecular weight excluding hydrogens is 344 g/mol. The molecule has 0 radical (unpaired) electrons. The molecule has 4 bridgehead atoms. The second-order valence-electron chi connectivity index (χ2n) is 8.00. The molecule has 142 valence electrons. The number of fused-ring (bicyclic) bond motifs is 4. The number of aliphatic hydroxyl groups is 2. The zero-order valence-corrected chi connectivity index (χ0v) is 15.5. The standard InChI is InChI=1S/C21H24N2O4/c1-3-12-10-23-17-8-14-13-6-4-5-7-16(13)22-18(14)21(23,26)9-15(12)20(17,11-24)19(25)27-2/h3-7,15,17,22,24,26H,8-11H2,1-2H3/b12-3-/t15-,17+,20+,21-/m1/s1. The minimum absolute atomic E-state index is 0.250. The van der Waals surface area contributed by atoms with Crippen LogP contribution in [0.1, 0.15) is 24.6 Å². The van der Waals surface area contributed by atoms with Crippen LogP contribution in [-0.4, -0.2) is 52.4 Å². The van der Waals surface area contributed by atoms with E-state index >= 15 is 0 Å². The molecule has 3 N–H and O–H groups in total. The number of aromatic nitrogens is 1. The van der Waals surface area contributed by atoms with Gasteiger partial charge in [0.2, 0.25) is 0 Å². The highest BCUT2D eigenvalue weighted by molar-refractivity contribution is 5.86. The number of hydrogen-bond acceptors (Lipinski definition) is 5. The quantitative estimate of drug-likeness (QED) is 0.555. The molecular formula is C21H24N2O4. The van der Waals surface area contributed by atoms with Gasteiger partial charge >= 0.3 is 5.97 Å². The summed E-state index contributed by atoms with van der Waals surface area (Å²) in [5, 5.41) is 23.3. The van der Waals surface area contributed by atoms with Crippen LogP contribution < -0.4 is 0 Å². The number of para-hydroxylation sites is 1. The van der Waals surface area contributed by atoms with E-state index in [1.54, 1.807) is 0 Å². The Kier molecular flexibility index (Phi) is 3.42. The third kappa shape index (κ3) is 1.83. The number of piperidine rings is 3. The van der Waals surface area contributed by atoms with Crippen LogP contribution in [0.25, 0.3) is 10.9 Å². The average molecular weight is 368 g/mol. The van der Waals surface area contributed by atoms with Crippen molar-refractivity contribution < 1.29 is 19.7 Å². The van der Waals surface area contributed by atoms with Crippen molar-refractivity contribution in [2.45, 2.75) is 31.5 Å². The van der Waals surface area contributed by atoms with Gasteiger partial charge in [0.15, 0.2) is 5.72 Å². The first-order valence-corrected chi connectivity index (χ1v) is 9.44. The summed E-state index contributed by atoms with van der Waals surface area (Å²) in [7, 11) is 1.37. The molecule has 4 aliphatic rings. The summed E-state index contributed by atoms with van der Waals surface area (Å²) in [4.78, 5) is 18.4. The predicted octanol–water partition coefficient (Wildman–Crippen LogP) is 1.67. The molecule has 2 aromatic rings. The molecule has 1 unspecified atom stereocenters. The third-order valence-electron chi connectivity index (χ3n) is 7.17. The predicted molar refractivity (Wildman–Crippen MR) is 99.8 cm³/mol. The fourth-order valence-corrected chi connectivity index (χ4v) is 5.89. The number of carbonyl (C=O) groups excluding carboxylic acids is 1. The summed E-state index contributed by atoms with van der Waals surface area (Å²) in [5.41, 5.74) is 1.71. The summed E-state index contributed by atoms with van der Waals surface area (Å²) in [6.45, 7) is 2.25. The number of esters is 1. The summed E-state index contributed by atoms with van der Waals surface area (Å²) in [6, 6.07) is 7.69. The maximum absolute atomic E-state index is 13.0. The van der Waals surface area contributed by atoms with E-state index in [1.807, 2.05) is 42.2 Å². The van der Waals surface area contributed by atoms with Crippen molar-refractivity contribution >= 4 is 16.9 Å².